The Hall–Kier alpha value is -2.99. The second-order valence-corrected chi connectivity index (χ2v) is 5.94. The normalized spacial score (nSPS) is 10.5. The van der Waals surface area contributed by atoms with Gasteiger partial charge in [0.25, 0.3) is 0 Å². The van der Waals surface area contributed by atoms with Gasteiger partial charge in [-0.3, -0.25) is 4.79 Å². The molecule has 0 spiro atoms. The zero-order valence-electron chi connectivity index (χ0n) is 13.4. The van der Waals surface area contributed by atoms with Crippen molar-refractivity contribution in [1.82, 2.24) is 14.8 Å². The van der Waals surface area contributed by atoms with Gasteiger partial charge in [-0.15, -0.1) is 0 Å². The third-order valence-electron chi connectivity index (χ3n) is 3.52. The Labute approximate surface area is 149 Å². The molecule has 6 nitrogen and oxygen atoms in total. The van der Waals surface area contributed by atoms with Gasteiger partial charge in [0.05, 0.1) is 11.9 Å². The van der Waals surface area contributed by atoms with Crippen LogP contribution in [0.1, 0.15) is 5.56 Å². The summed E-state index contributed by atoms with van der Waals surface area (Å²) in [5.74, 6) is -0.348. The number of carbonyl (C=O) groups excluding carboxylic acids is 1. The summed E-state index contributed by atoms with van der Waals surface area (Å²) in [6.07, 6.45) is 1.45. The molecule has 3 rings (SSSR count). The molecule has 0 unspecified atom stereocenters. The Morgan fingerprint density at radius 1 is 1.12 bits per heavy atom. The Morgan fingerprint density at radius 2 is 1.80 bits per heavy atom. The number of carbonyl (C=O) groups is 1. The zero-order valence-corrected chi connectivity index (χ0v) is 14.2. The van der Waals surface area contributed by atoms with Gasteiger partial charge in [-0.1, -0.05) is 41.4 Å². The van der Waals surface area contributed by atoms with Gasteiger partial charge in [0.1, 0.15) is 6.54 Å². The number of rotatable bonds is 4. The molecule has 3 aromatic rings. The van der Waals surface area contributed by atoms with Crippen LogP contribution in [0.2, 0.25) is 5.02 Å². The predicted octanol–water partition coefficient (Wildman–Crippen LogP) is 2.91. The van der Waals surface area contributed by atoms with Gasteiger partial charge in [-0.2, -0.15) is 10.1 Å². The third kappa shape index (κ3) is 4.30. The van der Waals surface area contributed by atoms with Crippen molar-refractivity contribution in [3.63, 3.8) is 0 Å². The maximum atomic E-state index is 12.1. The van der Waals surface area contributed by atoms with E-state index >= 15 is 0 Å². The van der Waals surface area contributed by atoms with Gasteiger partial charge in [-0.05, 0) is 31.2 Å². The van der Waals surface area contributed by atoms with E-state index in [0.717, 1.165) is 15.8 Å². The van der Waals surface area contributed by atoms with Crippen LogP contribution in [0.4, 0.5) is 5.69 Å². The minimum Gasteiger partial charge on any atom is -0.324 e. The number of nitrogens with zero attached hydrogens (tertiary/aromatic N) is 3. The van der Waals surface area contributed by atoms with Gasteiger partial charge in [-0.25, -0.2) is 9.48 Å². The molecule has 2 aromatic carbocycles. The van der Waals surface area contributed by atoms with Crippen LogP contribution in [-0.4, -0.2) is 20.7 Å². The maximum absolute atomic E-state index is 12.1. The van der Waals surface area contributed by atoms with Crippen molar-refractivity contribution in [2.24, 2.45) is 0 Å². The fourth-order valence-corrected chi connectivity index (χ4v) is 2.33. The largest absolute Gasteiger partial charge is 0.365 e. The highest BCUT2D eigenvalue weighted by atomic mass is 35.5. The number of anilines is 1. The molecule has 1 N–H and O–H groups in total. The molecule has 0 radical (unpaired) electrons. The molecule has 0 bridgehead atoms. The van der Waals surface area contributed by atoms with Crippen LogP contribution in [0.15, 0.2) is 59.5 Å². The van der Waals surface area contributed by atoms with E-state index in [-0.39, 0.29) is 12.5 Å². The van der Waals surface area contributed by atoms with E-state index in [9.17, 15) is 9.59 Å². The standard InChI is InChI=1S/C18H15ClN4O2/c1-12-2-8-15(9-3-12)21-17(24)11-23-18(25)22-16(10-20-23)13-4-6-14(19)7-5-13/h2-10H,11H2,1H3,(H,21,24). The summed E-state index contributed by atoms with van der Waals surface area (Å²) in [6.45, 7) is 1.75. The Balaban J connectivity index is 1.72. The van der Waals surface area contributed by atoms with Crippen LogP contribution in [0.25, 0.3) is 11.3 Å². The van der Waals surface area contributed by atoms with Crippen LogP contribution < -0.4 is 11.0 Å². The summed E-state index contributed by atoms with van der Waals surface area (Å²) in [5, 5.41) is 7.33. The summed E-state index contributed by atoms with van der Waals surface area (Å²) in [4.78, 5) is 28.1. The van der Waals surface area contributed by atoms with Crippen molar-refractivity contribution in [1.29, 1.82) is 0 Å². The van der Waals surface area contributed by atoms with E-state index in [0.29, 0.717) is 16.4 Å². The molecule has 25 heavy (non-hydrogen) atoms. The highest BCUT2D eigenvalue weighted by molar-refractivity contribution is 6.30. The third-order valence-corrected chi connectivity index (χ3v) is 3.78. The summed E-state index contributed by atoms with van der Waals surface area (Å²) in [6, 6.07) is 14.3. The van der Waals surface area contributed by atoms with Crippen molar-refractivity contribution < 1.29 is 4.79 Å². The van der Waals surface area contributed by atoms with Crippen LogP contribution >= 0.6 is 11.6 Å². The van der Waals surface area contributed by atoms with Gasteiger partial charge in [0.15, 0.2) is 0 Å². The lowest BCUT2D eigenvalue weighted by atomic mass is 10.2. The second-order valence-electron chi connectivity index (χ2n) is 5.50. The monoisotopic (exact) mass is 354 g/mol. The molecule has 7 heteroatoms. The number of hydrogen-bond acceptors (Lipinski definition) is 4. The Morgan fingerprint density at radius 3 is 2.44 bits per heavy atom. The van der Waals surface area contributed by atoms with Gasteiger partial charge in [0, 0.05) is 16.3 Å². The first-order valence-electron chi connectivity index (χ1n) is 7.58. The van der Waals surface area contributed by atoms with Crippen LogP contribution in [0, 0.1) is 6.92 Å². The molecule has 0 aliphatic heterocycles. The van der Waals surface area contributed by atoms with Gasteiger partial charge in [0.2, 0.25) is 5.91 Å². The lowest BCUT2D eigenvalue weighted by Gasteiger charge is -2.07. The minimum absolute atomic E-state index is 0.208. The predicted molar refractivity (Wildman–Crippen MR) is 96.5 cm³/mol. The first-order chi connectivity index (χ1) is 12.0. The van der Waals surface area contributed by atoms with Crippen molar-refractivity contribution in [3.8, 4) is 11.3 Å². The molecule has 0 aliphatic rings. The van der Waals surface area contributed by atoms with Crippen molar-refractivity contribution in [2.45, 2.75) is 13.5 Å². The van der Waals surface area contributed by atoms with E-state index in [2.05, 4.69) is 15.4 Å². The number of hydrogen-bond donors (Lipinski definition) is 1. The van der Waals surface area contributed by atoms with Crippen LogP contribution in [-0.2, 0) is 11.3 Å². The fraction of sp³-hybridized carbons (Fsp3) is 0.111. The van der Waals surface area contributed by atoms with Crippen LogP contribution in [0.3, 0.4) is 0 Å². The number of amides is 1. The number of nitrogens with one attached hydrogen (secondary N) is 1. The molecule has 126 valence electrons. The lowest BCUT2D eigenvalue weighted by molar-refractivity contribution is -0.117. The van der Waals surface area contributed by atoms with Gasteiger partial charge >= 0.3 is 5.69 Å². The number of benzene rings is 2. The van der Waals surface area contributed by atoms with Crippen molar-refractivity contribution in [3.05, 3.63) is 75.8 Å². The molecule has 0 saturated carbocycles. The molecule has 1 heterocycles. The molecular formula is C18H15ClN4O2. The number of aryl methyl sites for hydroxylation is 1. The summed E-state index contributed by atoms with van der Waals surface area (Å²) < 4.78 is 1.02. The smallest absolute Gasteiger partial charge is 0.324 e. The second kappa shape index (κ2) is 7.27. The van der Waals surface area contributed by atoms with E-state index in [1.165, 1.54) is 6.20 Å². The molecule has 0 aliphatic carbocycles. The summed E-state index contributed by atoms with van der Waals surface area (Å²) >= 11 is 5.84. The maximum Gasteiger partial charge on any atom is 0.365 e. The topological polar surface area (TPSA) is 76.9 Å². The SMILES string of the molecule is Cc1ccc(NC(=O)Cn2ncc(-c3ccc(Cl)cc3)nc2=O)cc1. The minimum atomic E-state index is -0.591. The average molecular weight is 355 g/mol. The van der Waals surface area contributed by atoms with Crippen LogP contribution in [0.5, 0.6) is 0 Å². The molecule has 1 amide bonds. The average Bonchev–Trinajstić information content (AvgIpc) is 2.59. The Kier molecular flexibility index (Phi) is 4.90. The quantitative estimate of drug-likeness (QED) is 0.781. The van der Waals surface area contributed by atoms with Crippen molar-refractivity contribution >= 4 is 23.2 Å². The lowest BCUT2D eigenvalue weighted by Crippen LogP contribution is -2.31. The highest BCUT2D eigenvalue weighted by Crippen LogP contribution is 2.17. The molecule has 0 fully saturated rings. The van der Waals surface area contributed by atoms with E-state index in [4.69, 9.17) is 11.6 Å². The molecule has 0 atom stereocenters. The van der Waals surface area contributed by atoms with E-state index in [1.54, 1.807) is 36.4 Å². The van der Waals surface area contributed by atoms with E-state index in [1.807, 2.05) is 19.1 Å². The van der Waals surface area contributed by atoms with Gasteiger partial charge < -0.3 is 5.32 Å². The fourth-order valence-electron chi connectivity index (χ4n) is 2.21. The summed E-state index contributed by atoms with van der Waals surface area (Å²) in [7, 11) is 0. The molecular weight excluding hydrogens is 340 g/mol. The molecule has 0 saturated heterocycles. The number of halogens is 1. The Bertz CT molecular complexity index is 950. The summed E-state index contributed by atoms with van der Waals surface area (Å²) in [5.41, 5.74) is 2.32. The molecule has 1 aromatic heterocycles. The zero-order chi connectivity index (χ0) is 17.8. The first-order valence-corrected chi connectivity index (χ1v) is 7.96. The first kappa shape index (κ1) is 16.9. The highest BCUT2D eigenvalue weighted by Gasteiger charge is 2.09. The number of aromatic nitrogens is 3. The van der Waals surface area contributed by atoms with E-state index < -0.39 is 5.69 Å². The van der Waals surface area contributed by atoms with Crippen molar-refractivity contribution in [2.75, 3.05) is 5.32 Å².